The van der Waals surface area contributed by atoms with Crippen LogP contribution in [-0.2, 0) is 6.42 Å². The molecule has 350 valence electrons. The Hall–Kier alpha value is -7.22. The molecule has 0 atom stereocenters. The summed E-state index contributed by atoms with van der Waals surface area (Å²) in [5, 5.41) is 16.0. The van der Waals surface area contributed by atoms with E-state index in [4.69, 9.17) is 58.0 Å². The Morgan fingerprint density at radius 1 is 0.565 bits per heavy atom. The number of benzene rings is 5. The summed E-state index contributed by atoms with van der Waals surface area (Å²) in [4.78, 5) is 30.0. The predicted molar refractivity (Wildman–Crippen MR) is 264 cm³/mol. The standard InChI is InChI=1S/C24H19Cl2FN6.C22H13Cl3F3N7O/c1-2-15-6-8-16(9-7-15)14-28-33-24-31-22(21-19(26)4-3-5-20(21)27)30-23(32-24)29-18-12-10-17(25)11-13-18;23-15-2-1-3-16(24)18(15)19-32-20(31-13-6-9-17(25)29-11-13)34-21(33-19)35-30-10-12-4-7-14(8-5-12)36-22(26,27)28/h3-14H,2H2,1H3,(H2,29,30,31,32,33);1-11H,(H2,31,32,33,34,35). The number of anilines is 6. The molecule has 0 saturated carbocycles. The Morgan fingerprint density at radius 2 is 1.06 bits per heavy atom. The molecule has 0 amide bonds. The molecule has 0 aliphatic heterocycles. The molecule has 0 bridgehead atoms. The van der Waals surface area contributed by atoms with Gasteiger partial charge in [-0.05, 0) is 108 Å². The van der Waals surface area contributed by atoms with Crippen LogP contribution in [0.2, 0.25) is 25.2 Å². The van der Waals surface area contributed by atoms with Crippen LogP contribution < -0.4 is 26.2 Å². The number of hydrazone groups is 2. The number of ether oxygens (including phenoxy) is 1. The second-order valence-electron chi connectivity index (χ2n) is 13.9. The number of rotatable bonds is 14. The normalized spacial score (nSPS) is 11.3. The van der Waals surface area contributed by atoms with E-state index in [0.29, 0.717) is 42.7 Å². The van der Waals surface area contributed by atoms with Gasteiger partial charge in [-0.3, -0.25) is 0 Å². The first-order chi connectivity index (χ1) is 33.2. The van der Waals surface area contributed by atoms with Gasteiger partial charge in [-0.1, -0.05) is 101 Å². The summed E-state index contributed by atoms with van der Waals surface area (Å²) in [7, 11) is 0. The number of hydrogen-bond acceptors (Lipinski definition) is 14. The minimum absolute atomic E-state index is 0.0358. The Kier molecular flexibility index (Phi) is 16.7. The summed E-state index contributed by atoms with van der Waals surface area (Å²) >= 11 is 30.7. The molecule has 8 rings (SSSR count). The van der Waals surface area contributed by atoms with Gasteiger partial charge >= 0.3 is 6.36 Å². The van der Waals surface area contributed by atoms with Gasteiger partial charge in [-0.2, -0.15) is 40.1 Å². The van der Waals surface area contributed by atoms with Gasteiger partial charge in [0.2, 0.25) is 23.8 Å². The topological polar surface area (TPSA) is 172 Å². The second-order valence-corrected chi connectivity index (χ2v) is 15.9. The Balaban J connectivity index is 0.000000205. The van der Waals surface area contributed by atoms with Crippen molar-refractivity contribution in [2.75, 3.05) is 21.5 Å². The molecule has 0 aliphatic rings. The first-order valence-corrected chi connectivity index (χ1v) is 21.9. The molecule has 8 aromatic rings. The Morgan fingerprint density at radius 3 is 1.58 bits per heavy atom. The third-order valence-corrected chi connectivity index (χ3v) is 10.4. The van der Waals surface area contributed by atoms with E-state index in [0.717, 1.165) is 24.1 Å². The maximum atomic E-state index is 14.5. The summed E-state index contributed by atoms with van der Waals surface area (Å²) < 4.78 is 55.3. The number of hydrogen-bond donors (Lipinski definition) is 4. The lowest BCUT2D eigenvalue weighted by Gasteiger charge is -2.10. The highest BCUT2D eigenvalue weighted by molar-refractivity contribution is 6.39. The van der Waals surface area contributed by atoms with Crippen LogP contribution in [0.4, 0.5) is 52.7 Å². The number of nitrogens with one attached hydrogen (secondary N) is 4. The first kappa shape index (κ1) is 49.7. The van der Waals surface area contributed by atoms with Gasteiger partial charge < -0.3 is 15.4 Å². The van der Waals surface area contributed by atoms with Crippen LogP contribution in [0.3, 0.4) is 0 Å². The van der Waals surface area contributed by atoms with E-state index >= 15 is 0 Å². The molecule has 3 aromatic heterocycles. The summed E-state index contributed by atoms with van der Waals surface area (Å²) in [5.41, 5.74) is 9.79. The van der Waals surface area contributed by atoms with Gasteiger partial charge in [-0.15, -0.1) is 13.2 Å². The largest absolute Gasteiger partial charge is 0.573 e. The minimum atomic E-state index is -4.77. The van der Waals surface area contributed by atoms with Crippen molar-refractivity contribution in [2.24, 2.45) is 10.2 Å². The summed E-state index contributed by atoms with van der Waals surface area (Å²) in [6, 6.07) is 32.7. The number of halogens is 9. The van der Waals surface area contributed by atoms with E-state index in [-0.39, 0.29) is 51.8 Å². The summed E-state index contributed by atoms with van der Waals surface area (Å²) in [5.74, 6) is -0.190. The van der Waals surface area contributed by atoms with E-state index in [1.165, 1.54) is 42.2 Å². The van der Waals surface area contributed by atoms with E-state index in [1.54, 1.807) is 66.9 Å². The van der Waals surface area contributed by atoms with Crippen molar-refractivity contribution in [3.05, 3.63) is 175 Å². The molecule has 0 unspecified atom stereocenters. The predicted octanol–water partition coefficient (Wildman–Crippen LogP) is 13.7. The molecule has 0 radical (unpaired) electrons. The molecule has 0 aliphatic carbocycles. The SMILES string of the molecule is CCc1ccc(C=NNc2nc(Nc3ccc(Cl)cc3)nc(-c3c(F)cccc3Cl)n2)cc1.FC(F)(F)Oc1ccc(C=NNc2nc(Nc3ccc(Cl)nc3)nc(-c3c(Cl)cccc3Cl)n2)cc1. The van der Waals surface area contributed by atoms with Crippen LogP contribution in [0.25, 0.3) is 22.8 Å². The zero-order valence-corrected chi connectivity index (χ0v) is 39.1. The fourth-order valence-corrected chi connectivity index (χ4v) is 6.83. The Bertz CT molecular complexity index is 3040. The van der Waals surface area contributed by atoms with E-state index in [2.05, 4.69) is 78.2 Å². The highest BCUT2D eigenvalue weighted by Gasteiger charge is 2.31. The second kappa shape index (κ2) is 23.2. The molecule has 0 spiro atoms. The number of aromatic nitrogens is 7. The zero-order chi connectivity index (χ0) is 48.9. The van der Waals surface area contributed by atoms with Gasteiger partial charge in [0.25, 0.3) is 0 Å². The molecular formula is C46H32Cl5F4N13O. The van der Waals surface area contributed by atoms with Crippen LogP contribution in [0.5, 0.6) is 5.75 Å². The molecule has 0 fully saturated rings. The van der Waals surface area contributed by atoms with Crippen molar-refractivity contribution in [3.8, 4) is 28.5 Å². The fourth-order valence-electron chi connectivity index (χ4n) is 5.78. The highest BCUT2D eigenvalue weighted by atomic mass is 35.5. The van der Waals surface area contributed by atoms with Crippen LogP contribution in [-0.4, -0.2) is 53.7 Å². The molecule has 23 heteroatoms. The van der Waals surface area contributed by atoms with Crippen molar-refractivity contribution >= 4 is 106 Å². The van der Waals surface area contributed by atoms with Crippen molar-refractivity contribution in [1.82, 2.24) is 34.9 Å². The first-order valence-electron chi connectivity index (χ1n) is 20.0. The van der Waals surface area contributed by atoms with E-state index in [9.17, 15) is 17.6 Å². The van der Waals surface area contributed by atoms with Crippen LogP contribution in [0, 0.1) is 5.82 Å². The van der Waals surface area contributed by atoms with Crippen molar-refractivity contribution in [2.45, 2.75) is 19.7 Å². The molecule has 14 nitrogen and oxygen atoms in total. The summed E-state index contributed by atoms with van der Waals surface area (Å²) in [6.45, 7) is 2.10. The van der Waals surface area contributed by atoms with E-state index < -0.39 is 12.2 Å². The maximum absolute atomic E-state index is 14.5. The molecule has 5 aromatic carbocycles. The van der Waals surface area contributed by atoms with Crippen molar-refractivity contribution in [3.63, 3.8) is 0 Å². The fraction of sp³-hybridized carbons (Fsp3) is 0.0652. The van der Waals surface area contributed by atoms with Crippen LogP contribution in [0.15, 0.2) is 138 Å². The van der Waals surface area contributed by atoms with Gasteiger partial charge in [0.05, 0.1) is 50.5 Å². The molecular weight excluding hydrogens is 1000 g/mol. The highest BCUT2D eigenvalue weighted by Crippen LogP contribution is 2.34. The zero-order valence-electron chi connectivity index (χ0n) is 35.3. The summed E-state index contributed by atoms with van der Waals surface area (Å²) in [6.07, 6.45) is 0.688. The van der Waals surface area contributed by atoms with E-state index in [1.807, 2.05) is 24.3 Å². The Labute approximate surface area is 415 Å². The van der Waals surface area contributed by atoms with Crippen LogP contribution in [0.1, 0.15) is 23.6 Å². The number of aryl methyl sites for hydroxylation is 1. The monoisotopic (exact) mass is 1030 g/mol. The number of nitrogens with zero attached hydrogens (tertiary/aromatic N) is 9. The molecule has 0 saturated heterocycles. The molecule has 3 heterocycles. The lowest BCUT2D eigenvalue weighted by atomic mass is 10.1. The number of pyridine rings is 1. The van der Waals surface area contributed by atoms with Gasteiger partial charge in [0.1, 0.15) is 16.7 Å². The smallest absolute Gasteiger partial charge is 0.406 e. The maximum Gasteiger partial charge on any atom is 0.573 e. The molecule has 4 N–H and O–H groups in total. The van der Waals surface area contributed by atoms with Gasteiger partial charge in [0, 0.05) is 10.7 Å². The van der Waals surface area contributed by atoms with Gasteiger partial charge in [0.15, 0.2) is 11.6 Å². The lowest BCUT2D eigenvalue weighted by Crippen LogP contribution is -2.17. The van der Waals surface area contributed by atoms with Crippen molar-refractivity contribution in [1.29, 1.82) is 0 Å². The minimum Gasteiger partial charge on any atom is -0.406 e. The van der Waals surface area contributed by atoms with Crippen LogP contribution >= 0.6 is 58.0 Å². The van der Waals surface area contributed by atoms with Gasteiger partial charge in [-0.25, -0.2) is 20.2 Å². The third kappa shape index (κ3) is 14.6. The average molecular weight is 1040 g/mol. The van der Waals surface area contributed by atoms with Crippen molar-refractivity contribution < 1.29 is 22.3 Å². The molecule has 69 heavy (non-hydrogen) atoms. The lowest BCUT2D eigenvalue weighted by molar-refractivity contribution is -0.274. The number of alkyl halides is 3. The average Bonchev–Trinajstić information content (AvgIpc) is 3.31. The quantitative estimate of drug-likeness (QED) is 0.0352. The third-order valence-electron chi connectivity index (χ3n) is 8.99.